The van der Waals surface area contributed by atoms with Gasteiger partial charge >= 0.3 is 0 Å². The van der Waals surface area contributed by atoms with Crippen LogP contribution in [0.1, 0.15) is 5.69 Å². The van der Waals surface area contributed by atoms with Crippen LogP contribution in [-0.4, -0.2) is 12.0 Å². The Morgan fingerprint density at radius 2 is 1.87 bits per heavy atom. The smallest absolute Gasteiger partial charge is 0.0378 e. The van der Waals surface area contributed by atoms with Gasteiger partial charge in [0.15, 0.2) is 0 Å². The zero-order valence-corrected chi connectivity index (χ0v) is 8.99. The minimum Gasteiger partial charge on any atom is -0.388 e. The van der Waals surface area contributed by atoms with Gasteiger partial charge in [0.2, 0.25) is 0 Å². The van der Waals surface area contributed by atoms with E-state index < -0.39 is 0 Å². The SMILES string of the molecule is CNc1cccc(-c2ccnc(C)c2)c1. The summed E-state index contributed by atoms with van der Waals surface area (Å²) in [7, 11) is 1.93. The van der Waals surface area contributed by atoms with Crippen molar-refractivity contribution in [3.05, 3.63) is 48.3 Å². The molecular weight excluding hydrogens is 184 g/mol. The van der Waals surface area contributed by atoms with Crippen molar-refractivity contribution >= 4 is 5.69 Å². The van der Waals surface area contributed by atoms with Crippen LogP contribution in [0.5, 0.6) is 0 Å². The average molecular weight is 198 g/mol. The zero-order chi connectivity index (χ0) is 10.7. The Balaban J connectivity index is 2.44. The van der Waals surface area contributed by atoms with E-state index in [2.05, 4.69) is 40.6 Å². The van der Waals surface area contributed by atoms with Crippen LogP contribution >= 0.6 is 0 Å². The third kappa shape index (κ3) is 2.15. The number of rotatable bonds is 2. The lowest BCUT2D eigenvalue weighted by Crippen LogP contribution is -1.88. The lowest BCUT2D eigenvalue weighted by atomic mass is 10.1. The second-order valence-corrected chi connectivity index (χ2v) is 3.52. The van der Waals surface area contributed by atoms with Crippen LogP contribution in [0.15, 0.2) is 42.6 Å². The molecular formula is C13H14N2. The zero-order valence-electron chi connectivity index (χ0n) is 8.99. The first-order valence-corrected chi connectivity index (χ1v) is 5.00. The molecule has 2 heteroatoms. The molecule has 2 aromatic rings. The highest BCUT2D eigenvalue weighted by molar-refractivity contribution is 5.67. The van der Waals surface area contributed by atoms with Crippen molar-refractivity contribution in [2.45, 2.75) is 6.92 Å². The van der Waals surface area contributed by atoms with Crippen molar-refractivity contribution in [2.75, 3.05) is 12.4 Å². The van der Waals surface area contributed by atoms with E-state index >= 15 is 0 Å². The maximum absolute atomic E-state index is 4.19. The van der Waals surface area contributed by atoms with E-state index in [0.717, 1.165) is 11.4 Å². The second kappa shape index (κ2) is 4.13. The number of hydrogen-bond acceptors (Lipinski definition) is 2. The van der Waals surface area contributed by atoms with E-state index in [1.165, 1.54) is 11.1 Å². The molecule has 2 nitrogen and oxygen atoms in total. The molecule has 0 amide bonds. The molecule has 0 aliphatic rings. The highest BCUT2D eigenvalue weighted by Crippen LogP contribution is 2.22. The first-order chi connectivity index (χ1) is 7.29. The first-order valence-electron chi connectivity index (χ1n) is 5.00. The van der Waals surface area contributed by atoms with E-state index in [4.69, 9.17) is 0 Å². The topological polar surface area (TPSA) is 24.9 Å². The molecule has 1 aromatic carbocycles. The number of benzene rings is 1. The van der Waals surface area contributed by atoms with Gasteiger partial charge in [-0.3, -0.25) is 4.98 Å². The lowest BCUT2D eigenvalue weighted by Gasteiger charge is -2.05. The Hall–Kier alpha value is -1.83. The largest absolute Gasteiger partial charge is 0.388 e. The number of nitrogens with one attached hydrogen (secondary N) is 1. The van der Waals surface area contributed by atoms with Crippen LogP contribution in [0, 0.1) is 6.92 Å². The quantitative estimate of drug-likeness (QED) is 0.802. The summed E-state index contributed by atoms with van der Waals surface area (Å²) < 4.78 is 0. The van der Waals surface area contributed by atoms with E-state index in [1.807, 2.05) is 26.2 Å². The van der Waals surface area contributed by atoms with Crippen molar-refractivity contribution in [2.24, 2.45) is 0 Å². The highest BCUT2D eigenvalue weighted by atomic mass is 14.8. The van der Waals surface area contributed by atoms with E-state index in [-0.39, 0.29) is 0 Å². The number of aryl methyl sites for hydroxylation is 1. The molecule has 0 saturated carbocycles. The Bertz CT molecular complexity index is 464. The number of pyridine rings is 1. The molecule has 1 N–H and O–H groups in total. The molecule has 0 aliphatic heterocycles. The highest BCUT2D eigenvalue weighted by Gasteiger charge is 1.98. The third-order valence-corrected chi connectivity index (χ3v) is 2.38. The van der Waals surface area contributed by atoms with Gasteiger partial charge in [0.1, 0.15) is 0 Å². The standard InChI is InChI=1S/C13H14N2/c1-10-8-12(6-7-15-10)11-4-3-5-13(9-11)14-2/h3-9,14H,1-2H3. The predicted molar refractivity (Wildman–Crippen MR) is 64.0 cm³/mol. The molecule has 0 unspecified atom stereocenters. The summed E-state index contributed by atoms with van der Waals surface area (Å²) in [6.07, 6.45) is 1.84. The third-order valence-electron chi connectivity index (χ3n) is 2.38. The minimum absolute atomic E-state index is 1.04. The molecule has 0 spiro atoms. The molecule has 0 aliphatic carbocycles. The van der Waals surface area contributed by atoms with Gasteiger partial charge in [-0.25, -0.2) is 0 Å². The van der Waals surface area contributed by atoms with Gasteiger partial charge in [-0.15, -0.1) is 0 Å². The molecule has 1 heterocycles. The number of nitrogens with zero attached hydrogens (tertiary/aromatic N) is 1. The van der Waals surface area contributed by atoms with Crippen LogP contribution in [0.2, 0.25) is 0 Å². The molecule has 0 atom stereocenters. The Morgan fingerprint density at radius 3 is 2.60 bits per heavy atom. The van der Waals surface area contributed by atoms with Crippen LogP contribution < -0.4 is 5.32 Å². The summed E-state index contributed by atoms with van der Waals surface area (Å²) in [5, 5.41) is 3.14. The van der Waals surface area contributed by atoms with Gasteiger partial charge in [0.05, 0.1) is 0 Å². The lowest BCUT2D eigenvalue weighted by molar-refractivity contribution is 1.20. The summed E-state index contributed by atoms with van der Waals surface area (Å²) in [5.41, 5.74) is 4.59. The van der Waals surface area contributed by atoms with E-state index in [9.17, 15) is 0 Å². The maximum atomic E-state index is 4.19. The fraction of sp³-hybridized carbons (Fsp3) is 0.154. The molecule has 2 rings (SSSR count). The van der Waals surface area contributed by atoms with Crippen LogP contribution in [-0.2, 0) is 0 Å². The molecule has 76 valence electrons. The Labute approximate surface area is 90.0 Å². The maximum Gasteiger partial charge on any atom is 0.0378 e. The van der Waals surface area contributed by atoms with Crippen molar-refractivity contribution in [1.29, 1.82) is 0 Å². The predicted octanol–water partition coefficient (Wildman–Crippen LogP) is 3.10. The summed E-state index contributed by atoms with van der Waals surface area (Å²) in [4.78, 5) is 4.19. The van der Waals surface area contributed by atoms with Crippen LogP contribution in [0.25, 0.3) is 11.1 Å². The van der Waals surface area contributed by atoms with Crippen LogP contribution in [0.3, 0.4) is 0 Å². The summed E-state index contributed by atoms with van der Waals surface area (Å²) in [6.45, 7) is 2.01. The van der Waals surface area contributed by atoms with Gasteiger partial charge in [-0.1, -0.05) is 12.1 Å². The molecule has 0 fully saturated rings. The monoisotopic (exact) mass is 198 g/mol. The fourth-order valence-corrected chi connectivity index (χ4v) is 1.58. The summed E-state index contributed by atoms with van der Waals surface area (Å²) in [5.74, 6) is 0. The van der Waals surface area contributed by atoms with Crippen molar-refractivity contribution < 1.29 is 0 Å². The number of aromatic nitrogens is 1. The molecule has 0 radical (unpaired) electrons. The van der Waals surface area contributed by atoms with E-state index in [1.54, 1.807) is 0 Å². The van der Waals surface area contributed by atoms with Crippen molar-refractivity contribution in [3.8, 4) is 11.1 Å². The summed E-state index contributed by atoms with van der Waals surface area (Å²) in [6, 6.07) is 12.5. The molecule has 0 saturated heterocycles. The van der Waals surface area contributed by atoms with Gasteiger partial charge < -0.3 is 5.32 Å². The molecule has 1 aromatic heterocycles. The minimum atomic E-state index is 1.04. The first kappa shape index (κ1) is 9.71. The van der Waals surface area contributed by atoms with Gasteiger partial charge in [-0.2, -0.15) is 0 Å². The Morgan fingerprint density at radius 1 is 1.07 bits per heavy atom. The molecule has 15 heavy (non-hydrogen) atoms. The fourth-order valence-electron chi connectivity index (χ4n) is 1.58. The number of hydrogen-bond donors (Lipinski definition) is 1. The normalized spacial score (nSPS) is 10.0. The Kier molecular flexibility index (Phi) is 2.68. The van der Waals surface area contributed by atoms with Crippen molar-refractivity contribution in [3.63, 3.8) is 0 Å². The van der Waals surface area contributed by atoms with Gasteiger partial charge in [-0.05, 0) is 42.3 Å². The summed E-state index contributed by atoms with van der Waals surface area (Å²) >= 11 is 0. The molecule has 0 bridgehead atoms. The van der Waals surface area contributed by atoms with Gasteiger partial charge in [0.25, 0.3) is 0 Å². The van der Waals surface area contributed by atoms with Crippen molar-refractivity contribution in [1.82, 2.24) is 4.98 Å². The average Bonchev–Trinajstić information content (AvgIpc) is 2.29. The van der Waals surface area contributed by atoms with E-state index in [0.29, 0.717) is 0 Å². The van der Waals surface area contributed by atoms with Gasteiger partial charge in [0, 0.05) is 24.6 Å². The second-order valence-electron chi connectivity index (χ2n) is 3.52. The van der Waals surface area contributed by atoms with Crippen LogP contribution in [0.4, 0.5) is 5.69 Å². The number of anilines is 1.